The monoisotopic (exact) mass is 773 g/mol. The van der Waals surface area contributed by atoms with Crippen molar-refractivity contribution in [2.45, 2.75) is 0 Å². The fourth-order valence-corrected chi connectivity index (χ4v) is 9.47. The minimum atomic E-state index is 0.574. The molecule has 12 aromatic rings. The van der Waals surface area contributed by atoms with Crippen LogP contribution < -0.4 is 0 Å². The van der Waals surface area contributed by atoms with E-state index >= 15 is 0 Å². The van der Waals surface area contributed by atoms with Crippen LogP contribution in [0.1, 0.15) is 0 Å². The van der Waals surface area contributed by atoms with Crippen molar-refractivity contribution in [2.75, 3.05) is 0 Å². The van der Waals surface area contributed by atoms with Crippen LogP contribution in [0.15, 0.2) is 192 Å². The predicted octanol–water partition coefficient (Wildman–Crippen LogP) is 13.8. The van der Waals surface area contributed by atoms with Crippen LogP contribution in [0.2, 0.25) is 0 Å². The van der Waals surface area contributed by atoms with E-state index < -0.39 is 0 Å². The van der Waals surface area contributed by atoms with Crippen molar-refractivity contribution in [2.24, 2.45) is 0 Å². The number of rotatable bonds is 6. The van der Waals surface area contributed by atoms with Gasteiger partial charge < -0.3 is 4.42 Å². The van der Waals surface area contributed by atoms with Crippen LogP contribution >= 0.6 is 11.3 Å². The lowest BCUT2D eigenvalue weighted by atomic mass is 10.0. The van der Waals surface area contributed by atoms with Crippen molar-refractivity contribution < 1.29 is 4.42 Å². The molecule has 4 heterocycles. The number of thiophene rings is 1. The van der Waals surface area contributed by atoms with Gasteiger partial charge in [-0.25, -0.2) is 9.97 Å². The van der Waals surface area contributed by atoms with E-state index in [1.54, 1.807) is 11.3 Å². The van der Waals surface area contributed by atoms with Crippen LogP contribution in [0.3, 0.4) is 0 Å². The van der Waals surface area contributed by atoms with Gasteiger partial charge in [-0.3, -0.25) is 4.57 Å². The first-order chi connectivity index (χ1) is 29.2. The van der Waals surface area contributed by atoms with Gasteiger partial charge in [-0.05, 0) is 76.9 Å². The van der Waals surface area contributed by atoms with E-state index in [9.17, 15) is 0 Å². The van der Waals surface area contributed by atoms with Gasteiger partial charge in [-0.2, -0.15) is 9.97 Å². The Labute approximate surface area is 342 Å². The van der Waals surface area contributed by atoms with E-state index in [-0.39, 0.29) is 0 Å². The number of hydrogen-bond donors (Lipinski definition) is 0. The van der Waals surface area contributed by atoms with Gasteiger partial charge in [-0.15, -0.1) is 11.3 Å². The van der Waals surface area contributed by atoms with E-state index in [1.807, 2.05) is 54.6 Å². The third-order valence-electron chi connectivity index (χ3n) is 11.1. The number of hydrogen-bond acceptors (Lipinski definition) is 6. The molecule has 59 heavy (non-hydrogen) atoms. The SMILES string of the molecule is c1ccc(-c2ccc3c4ccccc4n(-c4nc(-c5ccccc5)nc(-c5cccc6c5sc5ccc(-c7cccc(-c8nc9ccccc9o8)c7)cc56)n4)c3c2)cc1. The van der Waals surface area contributed by atoms with Crippen LogP contribution in [0.4, 0.5) is 0 Å². The average molecular weight is 774 g/mol. The van der Waals surface area contributed by atoms with Gasteiger partial charge in [0.2, 0.25) is 11.8 Å². The highest BCUT2D eigenvalue weighted by Crippen LogP contribution is 2.42. The first kappa shape index (κ1) is 33.4. The summed E-state index contributed by atoms with van der Waals surface area (Å²) in [6.45, 7) is 0. The number of oxazole rings is 1. The predicted molar refractivity (Wildman–Crippen MR) is 242 cm³/mol. The molecule has 0 aliphatic heterocycles. The Bertz CT molecular complexity index is 3540. The van der Waals surface area contributed by atoms with Crippen LogP contribution in [0, 0.1) is 0 Å². The summed E-state index contributed by atoms with van der Waals surface area (Å²) in [5.41, 5.74) is 11.0. The second kappa shape index (κ2) is 13.4. The third kappa shape index (κ3) is 5.62. The third-order valence-corrected chi connectivity index (χ3v) is 12.3. The summed E-state index contributed by atoms with van der Waals surface area (Å²) in [6.07, 6.45) is 0. The van der Waals surface area contributed by atoms with Crippen LogP contribution in [0.5, 0.6) is 0 Å². The molecule has 0 saturated carbocycles. The summed E-state index contributed by atoms with van der Waals surface area (Å²) in [7, 11) is 0. The van der Waals surface area contributed by atoms with Gasteiger partial charge in [0.15, 0.2) is 17.2 Å². The molecule has 0 fully saturated rings. The summed E-state index contributed by atoms with van der Waals surface area (Å²) < 4.78 is 10.6. The maximum absolute atomic E-state index is 6.12. The molecule has 0 bridgehead atoms. The number of benzene rings is 8. The first-order valence-corrected chi connectivity index (χ1v) is 20.4. The van der Waals surface area contributed by atoms with Crippen molar-refractivity contribution >= 4 is 64.4 Å². The first-order valence-electron chi connectivity index (χ1n) is 19.5. The van der Waals surface area contributed by atoms with Gasteiger partial charge in [0.25, 0.3) is 0 Å². The Morgan fingerprint density at radius 2 is 1.07 bits per heavy atom. The number of para-hydroxylation sites is 3. The highest BCUT2D eigenvalue weighted by molar-refractivity contribution is 7.26. The lowest BCUT2D eigenvalue weighted by molar-refractivity contribution is 0.620. The van der Waals surface area contributed by atoms with E-state index in [2.05, 4.69) is 138 Å². The lowest BCUT2D eigenvalue weighted by Crippen LogP contribution is -2.06. The molecular weight excluding hydrogens is 743 g/mol. The molecule has 0 atom stereocenters. The molecule has 0 N–H and O–H groups in total. The standard InChI is InChI=1S/C52H31N5OS/c1-3-13-32(14-4-1)36-25-27-39-38-19-7-9-23-44(38)57(45(39)31-36)52-55-49(33-15-5-2-6-16-33)54-50(56-52)41-21-12-20-40-42-30-35(26-28-47(42)59-48(40)41)34-17-11-18-37(29-34)51-53-43-22-8-10-24-46(43)58-51/h1-31H. The minimum Gasteiger partial charge on any atom is -0.436 e. The van der Waals surface area contributed by atoms with Gasteiger partial charge >= 0.3 is 0 Å². The van der Waals surface area contributed by atoms with E-state index in [0.29, 0.717) is 23.5 Å². The highest BCUT2D eigenvalue weighted by Gasteiger charge is 2.21. The Morgan fingerprint density at radius 1 is 0.407 bits per heavy atom. The topological polar surface area (TPSA) is 69.6 Å². The zero-order valence-electron chi connectivity index (χ0n) is 31.5. The van der Waals surface area contributed by atoms with Crippen molar-refractivity contribution in [1.82, 2.24) is 24.5 Å². The highest BCUT2D eigenvalue weighted by atomic mass is 32.1. The molecule has 0 radical (unpaired) electrons. The van der Waals surface area contributed by atoms with Gasteiger partial charge in [0.05, 0.1) is 11.0 Å². The molecule has 0 aliphatic carbocycles. The fourth-order valence-electron chi connectivity index (χ4n) is 8.28. The smallest absolute Gasteiger partial charge is 0.238 e. The molecule has 8 aromatic carbocycles. The molecular formula is C52H31N5OS. The Morgan fingerprint density at radius 3 is 1.95 bits per heavy atom. The van der Waals surface area contributed by atoms with Crippen molar-refractivity contribution in [3.63, 3.8) is 0 Å². The maximum Gasteiger partial charge on any atom is 0.238 e. The molecule has 0 spiro atoms. The van der Waals surface area contributed by atoms with Gasteiger partial charge in [0.1, 0.15) is 5.52 Å². The second-order valence-corrected chi connectivity index (χ2v) is 15.7. The van der Waals surface area contributed by atoms with Gasteiger partial charge in [0, 0.05) is 47.6 Å². The number of nitrogens with zero attached hydrogens (tertiary/aromatic N) is 5. The summed E-state index contributed by atoms with van der Waals surface area (Å²) in [5.74, 6) is 2.44. The molecule has 0 amide bonds. The summed E-state index contributed by atoms with van der Waals surface area (Å²) >= 11 is 1.77. The zero-order chi connectivity index (χ0) is 38.9. The molecule has 0 saturated heterocycles. The van der Waals surface area contributed by atoms with E-state index in [0.717, 1.165) is 81.9 Å². The molecule has 4 aromatic heterocycles. The quantitative estimate of drug-likeness (QED) is 0.168. The minimum absolute atomic E-state index is 0.574. The zero-order valence-corrected chi connectivity index (χ0v) is 32.3. The molecule has 276 valence electrons. The molecule has 0 aliphatic rings. The summed E-state index contributed by atoms with van der Waals surface area (Å²) in [4.78, 5) is 20.5. The van der Waals surface area contributed by atoms with Crippen LogP contribution in [-0.4, -0.2) is 24.5 Å². The fraction of sp³-hybridized carbons (Fsp3) is 0. The molecule has 12 rings (SSSR count). The van der Waals surface area contributed by atoms with E-state index in [4.69, 9.17) is 24.4 Å². The van der Waals surface area contributed by atoms with Gasteiger partial charge in [-0.1, -0.05) is 133 Å². The lowest BCUT2D eigenvalue weighted by Gasteiger charge is -2.12. The number of fused-ring (bicyclic) bond motifs is 7. The number of aromatic nitrogens is 5. The van der Waals surface area contributed by atoms with Crippen LogP contribution in [-0.2, 0) is 0 Å². The normalized spacial score (nSPS) is 11.7. The Kier molecular flexibility index (Phi) is 7.61. The largest absolute Gasteiger partial charge is 0.436 e. The average Bonchev–Trinajstić information content (AvgIpc) is 4.01. The molecule has 0 unspecified atom stereocenters. The maximum atomic E-state index is 6.12. The Balaban J connectivity index is 1.03. The van der Waals surface area contributed by atoms with Crippen molar-refractivity contribution in [3.8, 4) is 62.4 Å². The van der Waals surface area contributed by atoms with Crippen LogP contribution in [0.25, 0.3) is 116 Å². The van der Waals surface area contributed by atoms with E-state index in [1.165, 1.54) is 10.1 Å². The van der Waals surface area contributed by atoms with Crippen molar-refractivity contribution in [1.29, 1.82) is 0 Å². The summed E-state index contributed by atoms with van der Waals surface area (Å²) in [5, 5.41) is 4.63. The molecule has 7 heteroatoms. The summed E-state index contributed by atoms with van der Waals surface area (Å²) in [6, 6.07) is 65.3. The van der Waals surface area contributed by atoms with Crippen molar-refractivity contribution in [3.05, 3.63) is 188 Å². The second-order valence-electron chi connectivity index (χ2n) is 14.7. The molecule has 6 nitrogen and oxygen atoms in total. The Hall–Kier alpha value is -7.74.